The fraction of sp³-hybridized carbons (Fsp3) is 0. The fourth-order valence-electron chi connectivity index (χ4n) is 5.63. The first-order valence-electron chi connectivity index (χ1n) is 14.1. The molecular weight excluding hydrogens is 512 g/mol. The summed E-state index contributed by atoms with van der Waals surface area (Å²) in [6.07, 6.45) is 12.3. The smallest absolute Gasteiger partial charge is 0.0886 e. The molecule has 198 valence electrons. The highest BCUT2D eigenvalue weighted by molar-refractivity contribution is 6.08. The molecule has 8 rings (SSSR count). The van der Waals surface area contributed by atoms with Gasteiger partial charge in [0.1, 0.15) is 0 Å². The average molecular weight is 539 g/mol. The van der Waals surface area contributed by atoms with Crippen molar-refractivity contribution in [3.63, 3.8) is 0 Å². The minimum atomic E-state index is 0.854. The Bertz CT molecular complexity index is 2120. The van der Waals surface area contributed by atoms with Crippen LogP contribution in [0, 0.1) is 0 Å². The minimum Gasteiger partial charge on any atom is -0.355 e. The lowest BCUT2D eigenvalue weighted by molar-refractivity contribution is 1.24. The molecule has 0 aliphatic heterocycles. The third-order valence-corrected chi connectivity index (χ3v) is 7.83. The maximum atomic E-state index is 4.68. The number of pyridine rings is 2. The summed E-state index contributed by atoms with van der Waals surface area (Å²) in [5.41, 5.74) is 10.7. The largest absolute Gasteiger partial charge is 0.355 e. The Morgan fingerprint density at radius 3 is 1.24 bits per heavy atom. The molecule has 2 N–H and O–H groups in total. The molecule has 4 heterocycles. The SMILES string of the molecule is C(=C\c1ccc2[nH]c3ccccc3c2c1)/c1ccc(-c2ccc(/C=C/c3ccc4[nH]c5ccccc5c4c3)cn2)nc1. The zero-order valence-corrected chi connectivity index (χ0v) is 22.8. The van der Waals surface area contributed by atoms with Crippen molar-refractivity contribution in [1.82, 2.24) is 19.9 Å². The van der Waals surface area contributed by atoms with E-state index in [4.69, 9.17) is 0 Å². The summed E-state index contributed by atoms with van der Waals surface area (Å²) in [6.45, 7) is 0. The number of H-pyrrole nitrogens is 2. The Balaban J connectivity index is 0.972. The molecule has 0 saturated carbocycles. The molecule has 0 aliphatic rings. The van der Waals surface area contributed by atoms with Crippen molar-refractivity contribution in [2.45, 2.75) is 0 Å². The molecule has 4 aromatic carbocycles. The van der Waals surface area contributed by atoms with E-state index >= 15 is 0 Å². The molecule has 8 aromatic rings. The van der Waals surface area contributed by atoms with Crippen molar-refractivity contribution >= 4 is 67.9 Å². The van der Waals surface area contributed by atoms with Crippen molar-refractivity contribution in [2.24, 2.45) is 0 Å². The molecule has 4 heteroatoms. The highest BCUT2D eigenvalue weighted by Crippen LogP contribution is 2.28. The number of benzene rings is 4. The maximum Gasteiger partial charge on any atom is 0.0886 e. The van der Waals surface area contributed by atoms with Crippen LogP contribution in [0.15, 0.2) is 122 Å². The third kappa shape index (κ3) is 4.45. The quantitative estimate of drug-likeness (QED) is 0.229. The average Bonchev–Trinajstić information content (AvgIpc) is 3.61. The first-order chi connectivity index (χ1) is 20.8. The van der Waals surface area contributed by atoms with Crippen LogP contribution in [0.25, 0.3) is 79.3 Å². The van der Waals surface area contributed by atoms with Crippen molar-refractivity contribution in [2.75, 3.05) is 0 Å². The molecule has 0 saturated heterocycles. The molecule has 0 fully saturated rings. The summed E-state index contributed by atoms with van der Waals surface area (Å²) in [6, 6.07) is 38.1. The molecule has 0 radical (unpaired) electrons. The first kappa shape index (κ1) is 24.1. The molecule has 4 aromatic heterocycles. The van der Waals surface area contributed by atoms with E-state index in [2.05, 4.69) is 141 Å². The number of hydrogen-bond donors (Lipinski definition) is 2. The zero-order valence-electron chi connectivity index (χ0n) is 22.8. The van der Waals surface area contributed by atoms with Gasteiger partial charge in [0.2, 0.25) is 0 Å². The zero-order chi connectivity index (χ0) is 27.9. The second-order valence-corrected chi connectivity index (χ2v) is 10.6. The Morgan fingerprint density at radius 2 is 0.786 bits per heavy atom. The molecule has 0 spiro atoms. The normalized spacial score (nSPS) is 12.1. The molecule has 0 unspecified atom stereocenters. The molecule has 0 aliphatic carbocycles. The van der Waals surface area contributed by atoms with Gasteiger partial charge in [-0.25, -0.2) is 0 Å². The van der Waals surface area contributed by atoms with Gasteiger partial charge in [-0.2, -0.15) is 0 Å². The second-order valence-electron chi connectivity index (χ2n) is 10.6. The topological polar surface area (TPSA) is 57.4 Å². The van der Waals surface area contributed by atoms with E-state index in [9.17, 15) is 0 Å². The Morgan fingerprint density at radius 1 is 0.381 bits per heavy atom. The van der Waals surface area contributed by atoms with Gasteiger partial charge in [-0.05, 0) is 70.8 Å². The lowest BCUT2D eigenvalue weighted by Crippen LogP contribution is -1.88. The molecule has 42 heavy (non-hydrogen) atoms. The van der Waals surface area contributed by atoms with Gasteiger partial charge in [0.15, 0.2) is 0 Å². The van der Waals surface area contributed by atoms with Crippen LogP contribution in [-0.4, -0.2) is 19.9 Å². The summed E-state index contributed by atoms with van der Waals surface area (Å²) >= 11 is 0. The van der Waals surface area contributed by atoms with Gasteiger partial charge in [0.25, 0.3) is 0 Å². The van der Waals surface area contributed by atoms with Gasteiger partial charge in [-0.15, -0.1) is 0 Å². The van der Waals surface area contributed by atoms with E-state index < -0.39 is 0 Å². The van der Waals surface area contributed by atoms with Crippen LogP contribution in [0.1, 0.15) is 22.3 Å². The predicted molar refractivity (Wildman–Crippen MR) is 177 cm³/mol. The summed E-state index contributed by atoms with van der Waals surface area (Å²) in [5, 5.41) is 4.96. The highest BCUT2D eigenvalue weighted by Gasteiger charge is 2.05. The standard InChI is InChI=1S/C38H26N4/c1-3-7-33-29(5-1)31-21-25(13-17-35(31)41-33)9-11-27-15-19-37(39-23-27)38-20-16-28(24-40-38)12-10-26-14-18-36-32(22-26)30-6-2-4-8-34(30)42-36/h1-24,41-42H/b11-9+,12-10+. The number of para-hydroxylation sites is 2. The monoisotopic (exact) mass is 538 g/mol. The summed E-state index contributed by atoms with van der Waals surface area (Å²) in [4.78, 5) is 16.3. The van der Waals surface area contributed by atoms with E-state index in [0.29, 0.717) is 0 Å². The van der Waals surface area contributed by atoms with Crippen LogP contribution in [0.3, 0.4) is 0 Å². The van der Waals surface area contributed by atoms with Gasteiger partial charge in [-0.1, -0.05) is 85.0 Å². The lowest BCUT2D eigenvalue weighted by Gasteiger charge is -2.02. The van der Waals surface area contributed by atoms with Gasteiger partial charge in [0.05, 0.1) is 11.4 Å². The van der Waals surface area contributed by atoms with Crippen LogP contribution in [0.5, 0.6) is 0 Å². The van der Waals surface area contributed by atoms with Gasteiger partial charge in [0, 0.05) is 56.0 Å². The number of aromatic nitrogens is 4. The van der Waals surface area contributed by atoms with Crippen LogP contribution in [0.2, 0.25) is 0 Å². The highest BCUT2D eigenvalue weighted by atomic mass is 14.8. The number of nitrogens with one attached hydrogen (secondary N) is 2. The Kier molecular flexibility index (Phi) is 5.75. The van der Waals surface area contributed by atoms with Gasteiger partial charge < -0.3 is 9.97 Å². The van der Waals surface area contributed by atoms with Crippen LogP contribution in [-0.2, 0) is 0 Å². The second kappa shape index (κ2) is 10.0. The summed E-state index contributed by atoms with van der Waals surface area (Å²) < 4.78 is 0. The molecular formula is C38H26N4. The van der Waals surface area contributed by atoms with Gasteiger partial charge in [-0.3, -0.25) is 9.97 Å². The Labute approximate surface area is 242 Å². The number of rotatable bonds is 5. The van der Waals surface area contributed by atoms with E-state index in [1.54, 1.807) is 0 Å². The number of aromatic amines is 2. The van der Waals surface area contributed by atoms with E-state index in [0.717, 1.165) is 55.7 Å². The molecule has 0 atom stereocenters. The number of hydrogen-bond acceptors (Lipinski definition) is 2. The van der Waals surface area contributed by atoms with E-state index in [1.807, 2.05) is 24.5 Å². The van der Waals surface area contributed by atoms with E-state index in [-0.39, 0.29) is 0 Å². The summed E-state index contributed by atoms with van der Waals surface area (Å²) in [5.74, 6) is 0. The van der Waals surface area contributed by atoms with Crippen molar-refractivity contribution in [3.8, 4) is 11.4 Å². The number of fused-ring (bicyclic) bond motifs is 6. The maximum absolute atomic E-state index is 4.68. The molecule has 0 amide bonds. The van der Waals surface area contributed by atoms with Crippen molar-refractivity contribution < 1.29 is 0 Å². The van der Waals surface area contributed by atoms with Crippen LogP contribution >= 0.6 is 0 Å². The van der Waals surface area contributed by atoms with Gasteiger partial charge >= 0.3 is 0 Å². The predicted octanol–water partition coefficient (Wildman–Crippen LogP) is 9.75. The third-order valence-electron chi connectivity index (χ3n) is 7.83. The molecule has 0 bridgehead atoms. The van der Waals surface area contributed by atoms with Crippen LogP contribution in [0.4, 0.5) is 0 Å². The first-order valence-corrected chi connectivity index (χ1v) is 14.1. The lowest BCUT2D eigenvalue weighted by atomic mass is 10.1. The summed E-state index contributed by atoms with van der Waals surface area (Å²) in [7, 11) is 0. The molecule has 4 nitrogen and oxygen atoms in total. The van der Waals surface area contributed by atoms with Crippen molar-refractivity contribution in [1.29, 1.82) is 0 Å². The van der Waals surface area contributed by atoms with Crippen LogP contribution < -0.4 is 0 Å². The fourth-order valence-corrected chi connectivity index (χ4v) is 5.63. The number of nitrogens with zero attached hydrogens (tertiary/aromatic N) is 2. The Hall–Kier alpha value is -5.74. The minimum absolute atomic E-state index is 0.854. The van der Waals surface area contributed by atoms with E-state index in [1.165, 1.54) is 21.5 Å². The van der Waals surface area contributed by atoms with Crippen molar-refractivity contribution in [3.05, 3.63) is 144 Å².